The van der Waals surface area contributed by atoms with Gasteiger partial charge in [0.15, 0.2) is 5.78 Å². The minimum atomic E-state index is -1.15. The normalized spacial score (nSPS) is 36.6. The molecule has 9 atom stereocenters. The number of carboxylic acids is 1. The second-order valence-electron chi connectivity index (χ2n) is 21.1. The molecule has 0 spiro atoms. The number of nitrogens with zero attached hydrogens (tertiary/aromatic N) is 1. The van der Waals surface area contributed by atoms with Gasteiger partial charge in [0.25, 0.3) is 0 Å². The van der Waals surface area contributed by atoms with Crippen molar-refractivity contribution in [2.45, 2.75) is 145 Å². The van der Waals surface area contributed by atoms with Gasteiger partial charge in [0.1, 0.15) is 6.10 Å². The Bertz CT molecular complexity index is 1630. The van der Waals surface area contributed by atoms with Crippen molar-refractivity contribution in [2.24, 2.45) is 56.2 Å². The van der Waals surface area contributed by atoms with E-state index >= 15 is 0 Å². The van der Waals surface area contributed by atoms with E-state index < -0.39 is 17.4 Å². The highest BCUT2D eigenvalue weighted by Crippen LogP contribution is 2.77. The van der Waals surface area contributed by atoms with Crippen molar-refractivity contribution >= 4 is 17.7 Å². The summed E-state index contributed by atoms with van der Waals surface area (Å²) in [6.07, 6.45) is 10.0. The van der Waals surface area contributed by atoms with Gasteiger partial charge in [0.2, 0.25) is 0 Å². The van der Waals surface area contributed by atoms with Crippen LogP contribution in [0.2, 0.25) is 0 Å². The van der Waals surface area contributed by atoms with Gasteiger partial charge in [-0.05, 0) is 143 Å². The van der Waals surface area contributed by atoms with Crippen LogP contribution in [0.1, 0.15) is 145 Å². The summed E-state index contributed by atoms with van der Waals surface area (Å²) in [5.41, 5.74) is 2.97. The maximum absolute atomic E-state index is 14.2. The van der Waals surface area contributed by atoms with Crippen LogP contribution in [0, 0.1) is 56.2 Å². The molecule has 4 saturated carbocycles. The number of nitrogens with one attached hydrogen (secondary N) is 1. The van der Waals surface area contributed by atoms with Crippen molar-refractivity contribution in [3.05, 3.63) is 47.0 Å². The Morgan fingerprint density at radius 2 is 1.61 bits per heavy atom. The van der Waals surface area contributed by atoms with Crippen LogP contribution in [0.5, 0.6) is 0 Å². The highest BCUT2D eigenvalue weighted by molar-refractivity contribution is 6.00. The van der Waals surface area contributed by atoms with Gasteiger partial charge in [-0.25, -0.2) is 0 Å². The third-order valence-corrected chi connectivity index (χ3v) is 16.7. The van der Waals surface area contributed by atoms with E-state index in [0.29, 0.717) is 30.0 Å². The highest BCUT2D eigenvalue weighted by atomic mass is 16.5. The number of Topliss-reactive ketones (excluding diaryl/α,β-unsaturated/α-hetero) is 1. The summed E-state index contributed by atoms with van der Waals surface area (Å²) < 4.78 is 6.20. The molecule has 0 bridgehead atoms. The van der Waals surface area contributed by atoms with Crippen LogP contribution in [-0.4, -0.2) is 61.0 Å². The standard InChI is InChI=1S/C47H72N2O5/c1-30(2)39-34(50)27-47(25-26-48-33(29-49(10)11)31-15-13-12-14-16-31)24-23-45(8)32(40(39)47)17-18-36-44(7)21-20-37(54-38(51)28-42(3,4)41(52)53)43(5,6)35(44)19-22-46(36,45)9/h12-16,30,32-33,35-37,48H,17-29H2,1-11H3,(H,52,53)/t32-,33-,35+,36-,37+,44+,45-,46-,47-/m1/s1. The molecule has 2 N–H and O–H groups in total. The number of benzene rings is 1. The van der Waals surface area contributed by atoms with Crippen molar-refractivity contribution in [2.75, 3.05) is 27.2 Å². The molecule has 0 amide bonds. The predicted octanol–water partition coefficient (Wildman–Crippen LogP) is 9.66. The van der Waals surface area contributed by atoms with Crippen LogP contribution in [0.15, 0.2) is 41.5 Å². The van der Waals surface area contributed by atoms with E-state index in [2.05, 4.69) is 103 Å². The first-order valence-electron chi connectivity index (χ1n) is 21.3. The van der Waals surface area contributed by atoms with Crippen LogP contribution in [0.4, 0.5) is 0 Å². The Morgan fingerprint density at radius 3 is 2.24 bits per heavy atom. The number of likely N-dealkylation sites (N-methyl/N-ethyl adjacent to an activating group) is 1. The minimum absolute atomic E-state index is 0.0589. The molecule has 0 saturated heterocycles. The molecular formula is C47H72N2O5. The zero-order valence-corrected chi connectivity index (χ0v) is 35.6. The minimum Gasteiger partial charge on any atom is -0.481 e. The predicted molar refractivity (Wildman–Crippen MR) is 216 cm³/mol. The average molecular weight is 745 g/mol. The maximum atomic E-state index is 14.2. The largest absolute Gasteiger partial charge is 0.481 e. The number of esters is 1. The van der Waals surface area contributed by atoms with E-state index in [4.69, 9.17) is 4.74 Å². The second-order valence-corrected chi connectivity index (χ2v) is 21.1. The Kier molecular flexibility index (Phi) is 11.0. The molecule has 1 aromatic carbocycles. The lowest BCUT2D eigenvalue weighted by atomic mass is 9.33. The van der Waals surface area contributed by atoms with Crippen LogP contribution in [0.3, 0.4) is 0 Å². The first kappa shape index (κ1) is 41.1. The summed E-state index contributed by atoms with van der Waals surface area (Å²) >= 11 is 0. The molecule has 6 rings (SSSR count). The number of ether oxygens (including phenoxy) is 1. The third-order valence-electron chi connectivity index (χ3n) is 16.7. The number of allylic oxidation sites excluding steroid dienone is 2. The van der Waals surface area contributed by atoms with E-state index in [1.165, 1.54) is 12.0 Å². The Balaban J connectivity index is 1.25. The van der Waals surface area contributed by atoms with Gasteiger partial charge < -0.3 is 20.1 Å². The van der Waals surface area contributed by atoms with Crippen molar-refractivity contribution in [3.63, 3.8) is 0 Å². The van der Waals surface area contributed by atoms with Gasteiger partial charge in [0, 0.05) is 29.8 Å². The monoisotopic (exact) mass is 745 g/mol. The van der Waals surface area contributed by atoms with E-state index in [1.54, 1.807) is 19.4 Å². The van der Waals surface area contributed by atoms with Gasteiger partial charge in [-0.3, -0.25) is 14.4 Å². The SMILES string of the molecule is CC(C)C1=C2[C@H]3CC[C@@H]4[C@@]5(C)CC[C@H](OC(=O)CC(C)(C)C(=O)O)C(C)(C)[C@@H]5CC[C@@]4(C)[C@]3(C)CC[C@@]2(CCN[C@H](CN(C)C)c2ccccc2)CC1=O. The van der Waals surface area contributed by atoms with E-state index in [-0.39, 0.29) is 51.6 Å². The molecule has 5 aliphatic rings. The van der Waals surface area contributed by atoms with Gasteiger partial charge >= 0.3 is 11.9 Å². The smallest absolute Gasteiger partial charge is 0.309 e. The topological polar surface area (TPSA) is 95.9 Å². The lowest BCUT2D eigenvalue weighted by Crippen LogP contribution is -2.65. The molecule has 0 radical (unpaired) electrons. The summed E-state index contributed by atoms with van der Waals surface area (Å²) in [5.74, 6) is 0.652. The second kappa shape index (κ2) is 14.5. The molecule has 300 valence electrons. The van der Waals surface area contributed by atoms with E-state index in [0.717, 1.165) is 70.0 Å². The van der Waals surface area contributed by atoms with Crippen molar-refractivity contribution in [1.29, 1.82) is 0 Å². The fourth-order valence-corrected chi connectivity index (χ4v) is 13.7. The lowest BCUT2D eigenvalue weighted by Gasteiger charge is -2.72. The van der Waals surface area contributed by atoms with Crippen molar-refractivity contribution < 1.29 is 24.2 Å². The van der Waals surface area contributed by atoms with Gasteiger partial charge in [-0.15, -0.1) is 0 Å². The van der Waals surface area contributed by atoms with Crippen LogP contribution in [0.25, 0.3) is 0 Å². The highest BCUT2D eigenvalue weighted by Gasteiger charge is 2.70. The molecule has 0 unspecified atom stereocenters. The number of ketones is 1. The van der Waals surface area contributed by atoms with Crippen LogP contribution < -0.4 is 5.32 Å². The number of rotatable bonds is 12. The molecule has 0 aliphatic heterocycles. The van der Waals surface area contributed by atoms with Crippen molar-refractivity contribution in [1.82, 2.24) is 10.2 Å². The summed E-state index contributed by atoms with van der Waals surface area (Å²) in [5, 5.41) is 13.6. The molecule has 7 nitrogen and oxygen atoms in total. The number of hydrogen-bond donors (Lipinski definition) is 2. The Labute approximate surface area is 326 Å². The van der Waals surface area contributed by atoms with Gasteiger partial charge in [-0.2, -0.15) is 0 Å². The summed E-state index contributed by atoms with van der Waals surface area (Å²) in [6.45, 7) is 21.9. The number of aliphatic carboxylic acids is 1. The number of hydrogen-bond acceptors (Lipinski definition) is 6. The number of carbonyl (C=O) groups excluding carboxylic acids is 2. The summed E-state index contributed by atoms with van der Waals surface area (Å²) in [6, 6.07) is 11.0. The molecule has 7 heteroatoms. The van der Waals surface area contributed by atoms with Gasteiger partial charge in [0.05, 0.1) is 11.8 Å². The van der Waals surface area contributed by atoms with E-state index in [9.17, 15) is 19.5 Å². The maximum Gasteiger partial charge on any atom is 0.309 e. The fourth-order valence-electron chi connectivity index (χ4n) is 13.7. The quantitative estimate of drug-likeness (QED) is 0.206. The number of carboxylic acid groups (broad SMARTS) is 1. The lowest BCUT2D eigenvalue weighted by molar-refractivity contribution is -0.233. The van der Waals surface area contributed by atoms with Gasteiger partial charge in [-0.1, -0.05) is 84.4 Å². The molecular weight excluding hydrogens is 673 g/mol. The summed E-state index contributed by atoms with van der Waals surface area (Å²) in [7, 11) is 4.28. The fraction of sp³-hybridized carbons (Fsp3) is 0.766. The Hall–Kier alpha value is -2.51. The first-order chi connectivity index (χ1) is 25.1. The zero-order valence-electron chi connectivity index (χ0n) is 35.6. The summed E-state index contributed by atoms with van der Waals surface area (Å²) in [4.78, 5) is 41.3. The molecule has 1 aromatic rings. The molecule has 0 heterocycles. The number of fused-ring (bicyclic) bond motifs is 7. The van der Waals surface area contributed by atoms with Crippen LogP contribution >= 0.6 is 0 Å². The number of carbonyl (C=O) groups is 3. The Morgan fingerprint density at radius 1 is 0.926 bits per heavy atom. The average Bonchev–Trinajstić information content (AvgIpc) is 3.38. The molecule has 5 aliphatic carbocycles. The van der Waals surface area contributed by atoms with E-state index in [1.807, 2.05) is 0 Å². The van der Waals surface area contributed by atoms with Crippen LogP contribution in [-0.2, 0) is 19.1 Å². The third kappa shape index (κ3) is 6.73. The van der Waals surface area contributed by atoms with Crippen molar-refractivity contribution in [3.8, 4) is 0 Å². The zero-order chi connectivity index (χ0) is 39.6. The molecule has 4 fully saturated rings. The first-order valence-corrected chi connectivity index (χ1v) is 21.3. The molecule has 0 aromatic heterocycles. The molecule has 54 heavy (non-hydrogen) atoms.